The van der Waals surface area contributed by atoms with Gasteiger partial charge in [0.05, 0.1) is 11.7 Å². The molecule has 3 N–H and O–H groups in total. The molecule has 0 fully saturated rings. The van der Waals surface area contributed by atoms with Crippen molar-refractivity contribution in [3.05, 3.63) is 69.5 Å². The van der Waals surface area contributed by atoms with Gasteiger partial charge in [0.25, 0.3) is 0 Å². The summed E-state index contributed by atoms with van der Waals surface area (Å²) in [4.78, 5) is 13.1. The Balaban J connectivity index is 1.41. The molecule has 6 nitrogen and oxygen atoms in total. The predicted octanol–water partition coefficient (Wildman–Crippen LogP) is 6.63. The van der Waals surface area contributed by atoms with Crippen LogP contribution in [0.25, 0.3) is 11.1 Å². The fourth-order valence-electron chi connectivity index (χ4n) is 5.08. The van der Waals surface area contributed by atoms with Gasteiger partial charge in [-0.1, -0.05) is 53.8 Å². The Kier molecular flexibility index (Phi) is 8.73. The number of anilines is 1. The van der Waals surface area contributed by atoms with Crippen molar-refractivity contribution < 1.29 is 9.53 Å². The smallest absolute Gasteiger partial charge is 0.241 e. The fraction of sp³-hybridized carbons (Fsp3) is 0.448. The number of amides is 1. The SMILES string of the molecule is Cc1nn(COCC[Si](C)(C)C)c(C)c1-c1ccc(NC(=O)[C@@H](N)C2CCCc3ccc(Br)cc32)cc1. The Bertz CT molecular complexity index is 1250. The predicted molar refractivity (Wildman–Crippen MR) is 158 cm³/mol. The van der Waals surface area contributed by atoms with E-state index in [0.29, 0.717) is 6.73 Å². The summed E-state index contributed by atoms with van der Waals surface area (Å²) >= 11 is 3.56. The second-order valence-corrected chi connectivity index (χ2v) is 17.9. The van der Waals surface area contributed by atoms with Crippen molar-refractivity contribution >= 4 is 35.6 Å². The molecule has 1 aromatic heterocycles. The molecule has 8 heteroatoms. The van der Waals surface area contributed by atoms with Crippen LogP contribution in [0.15, 0.2) is 46.9 Å². The maximum Gasteiger partial charge on any atom is 0.241 e. The Labute approximate surface area is 230 Å². The third kappa shape index (κ3) is 6.79. The molecule has 1 heterocycles. The molecule has 0 aliphatic heterocycles. The summed E-state index contributed by atoms with van der Waals surface area (Å²) in [5, 5.41) is 7.74. The van der Waals surface area contributed by atoms with Crippen molar-refractivity contribution in [3.63, 3.8) is 0 Å². The third-order valence-electron chi connectivity index (χ3n) is 7.24. The molecule has 1 unspecified atom stereocenters. The molecule has 1 aliphatic carbocycles. The Hall–Kier alpha value is -2.26. The van der Waals surface area contributed by atoms with Crippen molar-refractivity contribution in [3.8, 4) is 11.1 Å². The highest BCUT2D eigenvalue weighted by Crippen LogP contribution is 2.35. The number of carbonyl (C=O) groups is 1. The number of ether oxygens (including phenoxy) is 1. The number of rotatable bonds is 9. The van der Waals surface area contributed by atoms with Crippen molar-refractivity contribution in [2.24, 2.45) is 5.73 Å². The lowest BCUT2D eigenvalue weighted by Gasteiger charge is -2.29. The zero-order chi connectivity index (χ0) is 26.7. The number of hydrogen-bond donors (Lipinski definition) is 2. The van der Waals surface area contributed by atoms with Gasteiger partial charge in [0.2, 0.25) is 5.91 Å². The number of carbonyl (C=O) groups excluding carboxylic acids is 1. The number of halogens is 1. The fourth-order valence-corrected chi connectivity index (χ4v) is 6.21. The van der Waals surface area contributed by atoms with Crippen LogP contribution in [0.5, 0.6) is 0 Å². The number of hydrogen-bond acceptors (Lipinski definition) is 4. The maximum absolute atomic E-state index is 13.1. The van der Waals surface area contributed by atoms with Crippen LogP contribution in [0, 0.1) is 13.8 Å². The van der Waals surface area contributed by atoms with E-state index in [1.165, 1.54) is 11.1 Å². The zero-order valence-electron chi connectivity index (χ0n) is 22.6. The first kappa shape index (κ1) is 27.8. The number of nitrogens with one attached hydrogen (secondary N) is 1. The van der Waals surface area contributed by atoms with E-state index >= 15 is 0 Å². The molecule has 0 radical (unpaired) electrons. The van der Waals surface area contributed by atoms with E-state index in [2.05, 4.69) is 66.0 Å². The number of aromatic nitrogens is 2. The van der Waals surface area contributed by atoms with Gasteiger partial charge in [0.15, 0.2) is 0 Å². The second kappa shape index (κ2) is 11.6. The lowest BCUT2D eigenvalue weighted by atomic mass is 9.79. The molecule has 0 bridgehead atoms. The van der Waals surface area contributed by atoms with E-state index in [-0.39, 0.29) is 11.8 Å². The zero-order valence-corrected chi connectivity index (χ0v) is 25.2. The van der Waals surface area contributed by atoms with E-state index < -0.39 is 14.1 Å². The molecule has 0 spiro atoms. The molecule has 37 heavy (non-hydrogen) atoms. The van der Waals surface area contributed by atoms with E-state index in [1.54, 1.807) is 0 Å². The average molecular weight is 584 g/mol. The summed E-state index contributed by atoms with van der Waals surface area (Å²) < 4.78 is 8.87. The molecule has 2 aromatic carbocycles. The number of aryl methyl sites for hydroxylation is 2. The highest BCUT2D eigenvalue weighted by atomic mass is 79.9. The van der Waals surface area contributed by atoms with E-state index in [0.717, 1.165) is 64.6 Å². The van der Waals surface area contributed by atoms with Gasteiger partial charge in [0.1, 0.15) is 6.73 Å². The van der Waals surface area contributed by atoms with Crippen molar-refractivity contribution in [2.45, 2.75) is 77.5 Å². The molecule has 4 rings (SSSR count). The summed E-state index contributed by atoms with van der Waals surface area (Å²) in [6.45, 7) is 12.4. The number of nitrogens with zero attached hydrogens (tertiary/aromatic N) is 2. The van der Waals surface area contributed by atoms with Crippen LogP contribution < -0.4 is 11.1 Å². The van der Waals surface area contributed by atoms with E-state index in [4.69, 9.17) is 15.6 Å². The van der Waals surface area contributed by atoms with Crippen LogP contribution in [0.1, 0.15) is 41.3 Å². The molecule has 1 amide bonds. The highest BCUT2D eigenvalue weighted by Gasteiger charge is 2.30. The monoisotopic (exact) mass is 582 g/mol. The van der Waals surface area contributed by atoms with Crippen LogP contribution in [-0.2, 0) is 22.7 Å². The standard InChI is InChI=1S/C29H39BrN4O2Si/c1-19-27(20(2)34(33-19)18-36-15-16-37(3,4)5)22-10-13-24(14-11-22)32-29(35)28(31)25-8-6-7-21-9-12-23(30)17-26(21)25/h9-14,17,25,28H,6-8,15-16,18,31H2,1-5H3,(H,32,35)/t25?,28-/m0/s1. The average Bonchev–Trinajstić information content (AvgIpc) is 3.13. The lowest BCUT2D eigenvalue weighted by Crippen LogP contribution is -2.41. The van der Waals surface area contributed by atoms with Crippen molar-refractivity contribution in [2.75, 3.05) is 11.9 Å². The van der Waals surface area contributed by atoms with Gasteiger partial charge in [0, 0.05) is 42.0 Å². The summed E-state index contributed by atoms with van der Waals surface area (Å²) in [7, 11) is -1.11. The molecule has 198 valence electrons. The van der Waals surface area contributed by atoms with Gasteiger partial charge in [-0.3, -0.25) is 4.79 Å². The van der Waals surface area contributed by atoms with E-state index in [9.17, 15) is 4.79 Å². The number of fused-ring (bicyclic) bond motifs is 1. The minimum atomic E-state index is -1.11. The first-order chi connectivity index (χ1) is 17.5. The van der Waals surface area contributed by atoms with Gasteiger partial charge in [-0.25, -0.2) is 4.68 Å². The first-order valence-corrected chi connectivity index (χ1v) is 17.6. The van der Waals surface area contributed by atoms with Gasteiger partial charge in [-0.05, 0) is 80.1 Å². The molecular weight excluding hydrogens is 544 g/mol. The van der Waals surface area contributed by atoms with Crippen molar-refractivity contribution in [1.29, 1.82) is 0 Å². The summed E-state index contributed by atoms with van der Waals surface area (Å²) in [5.41, 5.74) is 13.9. The Morgan fingerprint density at radius 3 is 2.65 bits per heavy atom. The van der Waals surface area contributed by atoms with Crippen molar-refractivity contribution in [1.82, 2.24) is 9.78 Å². The van der Waals surface area contributed by atoms with Gasteiger partial charge < -0.3 is 15.8 Å². The van der Waals surface area contributed by atoms with Crippen LogP contribution >= 0.6 is 15.9 Å². The molecule has 3 aromatic rings. The van der Waals surface area contributed by atoms with Crippen LogP contribution in [-0.4, -0.2) is 36.4 Å². The molecule has 2 atom stereocenters. The number of benzene rings is 2. The minimum Gasteiger partial charge on any atom is -0.360 e. The Morgan fingerprint density at radius 1 is 1.22 bits per heavy atom. The van der Waals surface area contributed by atoms with Gasteiger partial charge >= 0.3 is 0 Å². The normalized spacial score (nSPS) is 16.4. The van der Waals surface area contributed by atoms with Crippen LogP contribution in [0.2, 0.25) is 25.7 Å². The topological polar surface area (TPSA) is 82.2 Å². The van der Waals surface area contributed by atoms with E-state index in [1.807, 2.05) is 35.9 Å². The minimum absolute atomic E-state index is 0.0182. The first-order valence-electron chi connectivity index (χ1n) is 13.1. The summed E-state index contributed by atoms with van der Waals surface area (Å²) in [6, 6.07) is 14.8. The van der Waals surface area contributed by atoms with Crippen LogP contribution in [0.3, 0.4) is 0 Å². The largest absolute Gasteiger partial charge is 0.360 e. The van der Waals surface area contributed by atoms with Crippen LogP contribution in [0.4, 0.5) is 5.69 Å². The quantitative estimate of drug-likeness (QED) is 0.219. The lowest BCUT2D eigenvalue weighted by molar-refractivity contribution is -0.117. The number of nitrogens with two attached hydrogens (primary N) is 1. The molecule has 0 saturated carbocycles. The third-order valence-corrected chi connectivity index (χ3v) is 9.43. The molecule has 0 saturated heterocycles. The summed E-state index contributed by atoms with van der Waals surface area (Å²) in [5.74, 6) is -0.133. The second-order valence-electron chi connectivity index (χ2n) is 11.3. The maximum atomic E-state index is 13.1. The summed E-state index contributed by atoms with van der Waals surface area (Å²) in [6.07, 6.45) is 3.00. The molecular formula is C29H39BrN4O2Si. The highest BCUT2D eigenvalue weighted by molar-refractivity contribution is 9.10. The van der Waals surface area contributed by atoms with Gasteiger partial charge in [-0.15, -0.1) is 0 Å². The molecule has 1 aliphatic rings. The Morgan fingerprint density at radius 2 is 1.95 bits per heavy atom. The van der Waals surface area contributed by atoms with Gasteiger partial charge in [-0.2, -0.15) is 5.10 Å².